The van der Waals surface area contributed by atoms with E-state index in [2.05, 4.69) is 0 Å². The van der Waals surface area contributed by atoms with E-state index in [0.717, 1.165) is 12.1 Å². The van der Waals surface area contributed by atoms with Crippen LogP contribution in [0.5, 0.6) is 5.75 Å². The van der Waals surface area contributed by atoms with Crippen molar-refractivity contribution in [3.8, 4) is 5.75 Å². The number of aldehydes is 1. The largest absolute Gasteiger partial charge is 0.482 e. The molecule has 2 rings (SSSR count). The minimum atomic E-state index is -5.12. The second-order valence-electron chi connectivity index (χ2n) is 4.69. The van der Waals surface area contributed by atoms with Crippen molar-refractivity contribution in [3.63, 3.8) is 0 Å². The lowest BCUT2D eigenvalue weighted by molar-refractivity contribution is -0.259. The van der Waals surface area contributed by atoms with Gasteiger partial charge in [-0.05, 0) is 25.1 Å². The van der Waals surface area contributed by atoms with Gasteiger partial charge in [0, 0.05) is 12.0 Å². The van der Waals surface area contributed by atoms with E-state index in [0.29, 0.717) is 0 Å². The minimum Gasteiger partial charge on any atom is -0.482 e. The Morgan fingerprint density at radius 3 is 2.38 bits per heavy atom. The molecule has 1 heterocycles. The van der Waals surface area contributed by atoms with Crippen molar-refractivity contribution in [1.82, 2.24) is 0 Å². The Morgan fingerprint density at radius 1 is 1.33 bits per heavy atom. The molecule has 7 heteroatoms. The van der Waals surface area contributed by atoms with Crippen LogP contribution in [-0.2, 0) is 10.4 Å². The van der Waals surface area contributed by atoms with Gasteiger partial charge in [0.1, 0.15) is 17.2 Å². The molecule has 2 unspecified atom stereocenters. The van der Waals surface area contributed by atoms with Gasteiger partial charge in [0.2, 0.25) is 5.60 Å². The number of hydrogen-bond acceptors (Lipinski definition) is 3. The van der Waals surface area contributed by atoms with Gasteiger partial charge in [0.05, 0.1) is 0 Å². The van der Waals surface area contributed by atoms with Gasteiger partial charge >= 0.3 is 6.18 Å². The zero-order valence-electron chi connectivity index (χ0n) is 11.8. The van der Waals surface area contributed by atoms with Crippen molar-refractivity contribution in [3.05, 3.63) is 29.6 Å². The Morgan fingerprint density at radius 2 is 1.90 bits per heavy atom. The summed E-state index contributed by atoms with van der Waals surface area (Å²) in [5.74, 6) is -0.394. The van der Waals surface area contributed by atoms with Gasteiger partial charge in [-0.1, -0.05) is 13.8 Å². The van der Waals surface area contributed by atoms with Crippen molar-refractivity contribution in [1.29, 1.82) is 0 Å². The smallest absolute Gasteiger partial charge is 0.424 e. The van der Waals surface area contributed by atoms with E-state index >= 15 is 0 Å². The molecule has 1 N–H and O–H groups in total. The fraction of sp³-hybridized carbons (Fsp3) is 0.500. The van der Waals surface area contributed by atoms with Crippen LogP contribution in [0.25, 0.3) is 0 Å². The first-order chi connectivity index (χ1) is 9.61. The fourth-order valence-corrected chi connectivity index (χ4v) is 2.11. The highest BCUT2D eigenvalue weighted by atomic mass is 19.4. The molecule has 0 bridgehead atoms. The first-order valence-corrected chi connectivity index (χ1v) is 6.36. The lowest BCUT2D eigenvalue weighted by Crippen LogP contribution is -2.54. The number of fused-ring (bicyclic) bond motifs is 1. The molecule has 0 saturated heterocycles. The summed E-state index contributed by atoms with van der Waals surface area (Å²) in [5, 5.41) is 9.39. The van der Waals surface area contributed by atoms with E-state index in [-0.39, 0.29) is 11.3 Å². The number of benzene rings is 1. The molecule has 0 saturated carbocycles. The number of ether oxygens (including phenoxy) is 1. The van der Waals surface area contributed by atoms with E-state index in [1.165, 1.54) is 13.0 Å². The lowest BCUT2D eigenvalue weighted by Gasteiger charge is -2.44. The summed E-state index contributed by atoms with van der Waals surface area (Å²) < 4.78 is 56.1. The topological polar surface area (TPSA) is 46.5 Å². The van der Waals surface area contributed by atoms with Crippen LogP contribution in [0, 0.1) is 5.82 Å². The van der Waals surface area contributed by atoms with Crippen LogP contribution in [0.2, 0.25) is 0 Å². The molecule has 118 valence electrons. The van der Waals surface area contributed by atoms with E-state index in [4.69, 9.17) is 4.74 Å². The molecule has 21 heavy (non-hydrogen) atoms. The molecule has 0 aromatic heterocycles. The number of alkyl halides is 3. The van der Waals surface area contributed by atoms with E-state index < -0.39 is 35.9 Å². The highest BCUT2D eigenvalue weighted by molar-refractivity contribution is 5.64. The average molecular weight is 308 g/mol. The maximum Gasteiger partial charge on any atom is 0.424 e. The standard InChI is InChI=1S/C12H10F4O3.C2H6/c1-10(5-11(18,6-17)12(14,15)16)8-4-7(13)2-3-9(8)19-10;1-2/h2-4,6,18H,5H2,1H3;1-2H3. The predicted molar refractivity (Wildman–Crippen MR) is 67.4 cm³/mol. The van der Waals surface area contributed by atoms with Gasteiger partial charge in [0.15, 0.2) is 6.29 Å². The second-order valence-corrected chi connectivity index (χ2v) is 4.69. The van der Waals surface area contributed by atoms with Gasteiger partial charge in [-0.15, -0.1) is 0 Å². The minimum absolute atomic E-state index is 0.192. The number of carbonyl (C=O) groups is 1. The van der Waals surface area contributed by atoms with Crippen molar-refractivity contribution < 1.29 is 32.2 Å². The number of hydrogen-bond donors (Lipinski definition) is 1. The van der Waals surface area contributed by atoms with Crippen LogP contribution in [-0.4, -0.2) is 23.2 Å². The molecule has 2 atom stereocenters. The molecule has 1 aromatic rings. The summed E-state index contributed by atoms with van der Waals surface area (Å²) in [4.78, 5) is 10.6. The first kappa shape index (κ1) is 17.4. The molecule has 0 fully saturated rings. The summed E-state index contributed by atoms with van der Waals surface area (Å²) in [7, 11) is 0. The summed E-state index contributed by atoms with van der Waals surface area (Å²) in [6.45, 7) is 5.26. The highest BCUT2D eigenvalue weighted by Gasteiger charge is 2.60. The average Bonchev–Trinajstić information content (AvgIpc) is 2.41. The molecular weight excluding hydrogens is 292 g/mol. The van der Waals surface area contributed by atoms with Gasteiger partial charge in [0.25, 0.3) is 0 Å². The molecule has 0 radical (unpaired) electrons. The third-order valence-electron chi connectivity index (χ3n) is 3.14. The third kappa shape index (κ3) is 3.02. The number of rotatable bonds is 3. The third-order valence-corrected chi connectivity index (χ3v) is 3.14. The Kier molecular flexibility index (Phi) is 4.67. The quantitative estimate of drug-likeness (QED) is 0.688. The lowest BCUT2D eigenvalue weighted by atomic mass is 9.79. The Labute approximate surface area is 119 Å². The summed E-state index contributed by atoms with van der Waals surface area (Å²) >= 11 is 0. The van der Waals surface area contributed by atoms with E-state index in [1.54, 1.807) is 0 Å². The normalized spacial score (nSPS) is 22.7. The highest BCUT2D eigenvalue weighted by Crippen LogP contribution is 2.50. The number of aliphatic hydroxyl groups is 1. The molecule has 1 aliphatic rings. The van der Waals surface area contributed by atoms with Crippen molar-refractivity contribution in [2.24, 2.45) is 0 Å². The van der Waals surface area contributed by atoms with Crippen LogP contribution in [0.15, 0.2) is 18.2 Å². The zero-order chi connectivity index (χ0) is 16.5. The van der Waals surface area contributed by atoms with Crippen LogP contribution < -0.4 is 4.74 Å². The van der Waals surface area contributed by atoms with Crippen molar-refractivity contribution >= 4 is 6.29 Å². The number of carbonyl (C=O) groups excluding carboxylic acids is 1. The maximum absolute atomic E-state index is 13.1. The Bertz CT molecular complexity index is 529. The molecule has 3 nitrogen and oxygen atoms in total. The van der Waals surface area contributed by atoms with Crippen molar-refractivity contribution in [2.45, 2.75) is 44.6 Å². The molecular formula is C14H16F4O3. The molecule has 0 spiro atoms. The van der Waals surface area contributed by atoms with Crippen molar-refractivity contribution in [2.75, 3.05) is 0 Å². The van der Waals surface area contributed by atoms with Gasteiger partial charge in [-0.3, -0.25) is 4.79 Å². The fourth-order valence-electron chi connectivity index (χ4n) is 2.11. The predicted octanol–water partition coefficient (Wildman–Crippen LogP) is 3.34. The van der Waals surface area contributed by atoms with E-state index in [9.17, 15) is 27.5 Å². The van der Waals surface area contributed by atoms with Crippen LogP contribution in [0.3, 0.4) is 0 Å². The molecule has 0 amide bonds. The van der Waals surface area contributed by atoms with E-state index in [1.807, 2.05) is 13.8 Å². The Balaban J connectivity index is 0.00000106. The monoisotopic (exact) mass is 308 g/mol. The summed E-state index contributed by atoms with van der Waals surface area (Å²) in [6, 6.07) is 3.41. The van der Waals surface area contributed by atoms with Gasteiger partial charge in [-0.2, -0.15) is 13.2 Å². The zero-order valence-corrected chi connectivity index (χ0v) is 11.8. The molecule has 1 aliphatic heterocycles. The maximum atomic E-state index is 13.1. The second kappa shape index (κ2) is 5.63. The van der Waals surface area contributed by atoms with Gasteiger partial charge in [-0.25, -0.2) is 4.39 Å². The van der Waals surface area contributed by atoms with Gasteiger partial charge < -0.3 is 9.84 Å². The van der Waals surface area contributed by atoms with Crippen LogP contribution in [0.1, 0.15) is 32.8 Å². The SMILES string of the molecule is CC.CC1(CC(O)(C=O)C(F)(F)F)Oc2ccc(F)cc21. The first-order valence-electron chi connectivity index (χ1n) is 6.36. The molecule has 0 aliphatic carbocycles. The van der Waals surface area contributed by atoms with Crippen LogP contribution >= 0.6 is 0 Å². The summed E-state index contributed by atoms with van der Waals surface area (Å²) in [6.07, 6.45) is -6.72. The Hall–Kier alpha value is -1.63. The molecule has 1 aromatic carbocycles. The summed E-state index contributed by atoms with van der Waals surface area (Å²) in [5.41, 5.74) is -4.88. The van der Waals surface area contributed by atoms with Crippen LogP contribution in [0.4, 0.5) is 17.6 Å². The number of halogens is 4.